The van der Waals surface area contributed by atoms with Gasteiger partial charge in [0.25, 0.3) is 0 Å². The molecule has 0 spiro atoms. The maximum absolute atomic E-state index is 4.80. The Kier molecular flexibility index (Phi) is 5.26. The fourth-order valence-electron chi connectivity index (χ4n) is 3.52. The molecule has 3 aliphatic rings. The fourth-order valence-corrected chi connectivity index (χ4v) is 3.52. The van der Waals surface area contributed by atoms with Crippen LogP contribution in [-0.2, 0) is 0 Å². The molecule has 0 bridgehead atoms. The van der Waals surface area contributed by atoms with Gasteiger partial charge < -0.3 is 0 Å². The molecule has 2 aliphatic heterocycles. The molecule has 0 aromatic heterocycles. The number of aliphatic imine (C=N–C) groups is 3. The van der Waals surface area contributed by atoms with Crippen molar-refractivity contribution in [3.05, 3.63) is 23.8 Å². The molecule has 1 unspecified atom stereocenters. The van der Waals surface area contributed by atoms with E-state index in [4.69, 9.17) is 4.99 Å². The highest BCUT2D eigenvalue weighted by molar-refractivity contribution is 6.07. The summed E-state index contributed by atoms with van der Waals surface area (Å²) in [5.74, 6) is 2.69. The van der Waals surface area contributed by atoms with Gasteiger partial charge in [-0.25, -0.2) is 0 Å². The number of nitrogens with one attached hydrogen (secondary N) is 1. The molecule has 5 heteroatoms. The van der Waals surface area contributed by atoms with Crippen molar-refractivity contribution in [3.8, 4) is 0 Å². The molecule has 1 aliphatic carbocycles. The van der Waals surface area contributed by atoms with Gasteiger partial charge in [0.1, 0.15) is 11.7 Å². The summed E-state index contributed by atoms with van der Waals surface area (Å²) in [6.07, 6.45) is 14.9. The van der Waals surface area contributed by atoms with Gasteiger partial charge in [0.05, 0.1) is 12.6 Å². The van der Waals surface area contributed by atoms with Crippen LogP contribution in [0.15, 0.2) is 38.8 Å². The van der Waals surface area contributed by atoms with E-state index < -0.39 is 0 Å². The van der Waals surface area contributed by atoms with E-state index in [1.54, 1.807) is 7.05 Å². The van der Waals surface area contributed by atoms with Crippen molar-refractivity contribution in [3.63, 3.8) is 0 Å². The van der Waals surface area contributed by atoms with Crippen molar-refractivity contribution >= 4 is 17.9 Å². The summed E-state index contributed by atoms with van der Waals surface area (Å²) < 4.78 is 0. The van der Waals surface area contributed by atoms with Crippen molar-refractivity contribution in [1.29, 1.82) is 0 Å². The molecule has 0 amide bonds. The van der Waals surface area contributed by atoms with Crippen molar-refractivity contribution in [2.45, 2.75) is 45.1 Å². The number of fused-ring (bicyclic) bond motifs is 1. The second-order valence-electron chi connectivity index (χ2n) is 6.44. The van der Waals surface area contributed by atoms with Crippen molar-refractivity contribution in [1.82, 2.24) is 10.4 Å². The largest absolute Gasteiger partial charge is 0.296 e. The maximum Gasteiger partial charge on any atom is 0.143 e. The van der Waals surface area contributed by atoms with Crippen LogP contribution in [0.3, 0.4) is 0 Å². The normalized spacial score (nSPS) is 27.5. The van der Waals surface area contributed by atoms with Gasteiger partial charge in [-0.3, -0.25) is 25.4 Å². The van der Waals surface area contributed by atoms with Crippen LogP contribution in [0.5, 0.6) is 0 Å². The first kappa shape index (κ1) is 16.0. The standard InChI is InChI=1S/C18H27N5/c1-3-15(12-19-2)16-13-21-18-10-9-17(22-23(16)18)20-11-14-7-5-4-6-8-14/h3,9-10,12,14,16H,4-8,11,13H2,1-2H3,(H,20,22)/b15-3+,19-12?. The molecule has 3 rings (SSSR count). The summed E-state index contributed by atoms with van der Waals surface area (Å²) in [6.45, 7) is 3.74. The highest BCUT2D eigenvalue weighted by Gasteiger charge is 2.31. The van der Waals surface area contributed by atoms with Gasteiger partial charge >= 0.3 is 0 Å². The van der Waals surface area contributed by atoms with E-state index in [-0.39, 0.29) is 6.04 Å². The summed E-state index contributed by atoms with van der Waals surface area (Å²) in [5, 5.41) is 2.12. The lowest BCUT2D eigenvalue weighted by molar-refractivity contribution is 0.340. The predicted molar refractivity (Wildman–Crippen MR) is 97.3 cm³/mol. The van der Waals surface area contributed by atoms with Crippen LogP contribution in [0.1, 0.15) is 39.0 Å². The highest BCUT2D eigenvalue weighted by Crippen LogP contribution is 2.24. The van der Waals surface area contributed by atoms with Crippen LogP contribution in [0.2, 0.25) is 0 Å². The Morgan fingerprint density at radius 1 is 1.35 bits per heavy atom. The van der Waals surface area contributed by atoms with Gasteiger partial charge in [0, 0.05) is 19.8 Å². The SMILES string of the molecule is C/C=C(\C=NC)C1CN=C2C=CC(=NCC3CCCCC3)NN21. The average Bonchev–Trinajstić information content (AvgIpc) is 3.02. The lowest BCUT2D eigenvalue weighted by atomic mass is 9.89. The van der Waals surface area contributed by atoms with Crippen LogP contribution in [-0.4, -0.2) is 49.1 Å². The first-order valence-corrected chi connectivity index (χ1v) is 8.73. The molecule has 1 fully saturated rings. The van der Waals surface area contributed by atoms with Gasteiger partial charge in [0.15, 0.2) is 0 Å². The Balaban J connectivity index is 1.66. The van der Waals surface area contributed by atoms with E-state index in [1.807, 2.05) is 19.2 Å². The predicted octanol–water partition coefficient (Wildman–Crippen LogP) is 2.77. The summed E-state index contributed by atoms with van der Waals surface area (Å²) in [7, 11) is 1.81. The zero-order chi connectivity index (χ0) is 16.1. The molecule has 1 saturated carbocycles. The third-order valence-electron chi connectivity index (χ3n) is 4.85. The number of hydrazine groups is 1. The fraction of sp³-hybridized carbons (Fsp3) is 0.611. The summed E-state index contributed by atoms with van der Waals surface area (Å²) in [4.78, 5) is 13.6. The average molecular weight is 313 g/mol. The first-order valence-electron chi connectivity index (χ1n) is 8.73. The van der Waals surface area contributed by atoms with Crippen LogP contribution in [0.4, 0.5) is 0 Å². The Bertz CT molecular complexity index is 564. The molecule has 1 atom stereocenters. The molecule has 0 aromatic rings. The minimum absolute atomic E-state index is 0.198. The van der Waals surface area contributed by atoms with Gasteiger partial charge in [-0.05, 0) is 43.4 Å². The minimum atomic E-state index is 0.198. The Morgan fingerprint density at radius 3 is 2.91 bits per heavy atom. The summed E-state index contributed by atoms with van der Waals surface area (Å²) in [6, 6.07) is 0.198. The van der Waals surface area contributed by atoms with E-state index >= 15 is 0 Å². The van der Waals surface area contributed by atoms with Crippen LogP contribution in [0, 0.1) is 5.92 Å². The van der Waals surface area contributed by atoms with Gasteiger partial charge in [-0.15, -0.1) is 0 Å². The molecule has 124 valence electrons. The number of allylic oxidation sites excluding steroid dienone is 1. The quantitative estimate of drug-likeness (QED) is 0.811. The van der Waals surface area contributed by atoms with E-state index in [2.05, 4.69) is 32.6 Å². The Hall–Kier alpha value is -1.91. The van der Waals surface area contributed by atoms with Gasteiger partial charge in [-0.2, -0.15) is 0 Å². The zero-order valence-electron chi connectivity index (χ0n) is 14.2. The maximum atomic E-state index is 4.80. The van der Waals surface area contributed by atoms with Crippen molar-refractivity contribution in [2.75, 3.05) is 20.1 Å². The minimum Gasteiger partial charge on any atom is -0.296 e. The number of hydrogen-bond donors (Lipinski definition) is 1. The van der Waals surface area contributed by atoms with Crippen LogP contribution >= 0.6 is 0 Å². The number of amidine groups is 2. The Labute approximate surface area is 139 Å². The van der Waals surface area contributed by atoms with Crippen molar-refractivity contribution < 1.29 is 0 Å². The number of rotatable bonds is 4. The van der Waals surface area contributed by atoms with Crippen LogP contribution < -0.4 is 5.43 Å². The third kappa shape index (κ3) is 3.71. The molecule has 0 radical (unpaired) electrons. The van der Waals surface area contributed by atoms with E-state index in [0.29, 0.717) is 0 Å². The molecule has 0 aromatic carbocycles. The smallest absolute Gasteiger partial charge is 0.143 e. The zero-order valence-corrected chi connectivity index (χ0v) is 14.2. The molecule has 2 heterocycles. The first-order chi connectivity index (χ1) is 11.3. The van der Waals surface area contributed by atoms with E-state index in [0.717, 1.165) is 30.7 Å². The second kappa shape index (κ2) is 7.57. The second-order valence-corrected chi connectivity index (χ2v) is 6.44. The van der Waals surface area contributed by atoms with Crippen LogP contribution in [0.25, 0.3) is 0 Å². The Morgan fingerprint density at radius 2 is 2.17 bits per heavy atom. The molecule has 5 nitrogen and oxygen atoms in total. The third-order valence-corrected chi connectivity index (χ3v) is 4.85. The highest BCUT2D eigenvalue weighted by atomic mass is 15.6. The van der Waals surface area contributed by atoms with Crippen molar-refractivity contribution in [2.24, 2.45) is 20.9 Å². The molecule has 23 heavy (non-hydrogen) atoms. The monoisotopic (exact) mass is 313 g/mol. The topological polar surface area (TPSA) is 52.4 Å². The lowest BCUT2D eigenvalue weighted by Crippen LogP contribution is -2.51. The lowest BCUT2D eigenvalue weighted by Gasteiger charge is -2.31. The molecule has 0 saturated heterocycles. The molecular weight excluding hydrogens is 286 g/mol. The van der Waals surface area contributed by atoms with E-state index in [9.17, 15) is 0 Å². The number of hydrogen-bond acceptors (Lipinski definition) is 4. The van der Waals surface area contributed by atoms with Gasteiger partial charge in [-0.1, -0.05) is 25.3 Å². The molecule has 1 N–H and O–H groups in total. The summed E-state index contributed by atoms with van der Waals surface area (Å²) >= 11 is 0. The summed E-state index contributed by atoms with van der Waals surface area (Å²) in [5.41, 5.74) is 4.62. The molecular formula is C18H27N5. The van der Waals surface area contributed by atoms with E-state index in [1.165, 1.54) is 37.7 Å². The van der Waals surface area contributed by atoms with Gasteiger partial charge in [0.2, 0.25) is 0 Å². The number of nitrogens with zero attached hydrogens (tertiary/aromatic N) is 4.